The Morgan fingerprint density at radius 1 is 0.957 bits per heavy atom. The van der Waals surface area contributed by atoms with Gasteiger partial charge in [-0.2, -0.15) is 0 Å². The standard InChI is InChI=1S/C19H22N2S2/c1-2-5-17-8-9-19(23-17)15-21(14-18-7-4-11-22-18)13-16-6-3-10-20-12-16/h3-4,6-12H,2,5,13-15H2,1H3. The lowest BCUT2D eigenvalue weighted by molar-refractivity contribution is 0.252. The summed E-state index contributed by atoms with van der Waals surface area (Å²) in [6, 6.07) is 13.1. The predicted molar refractivity (Wildman–Crippen MR) is 99.8 cm³/mol. The van der Waals surface area contributed by atoms with E-state index >= 15 is 0 Å². The number of hydrogen-bond acceptors (Lipinski definition) is 4. The Morgan fingerprint density at radius 2 is 1.83 bits per heavy atom. The molecule has 3 aromatic heterocycles. The molecule has 120 valence electrons. The van der Waals surface area contributed by atoms with Crippen LogP contribution in [0.4, 0.5) is 0 Å². The first kappa shape index (κ1) is 16.4. The molecule has 3 aromatic rings. The molecule has 2 nitrogen and oxygen atoms in total. The van der Waals surface area contributed by atoms with Gasteiger partial charge in [-0.25, -0.2) is 0 Å². The summed E-state index contributed by atoms with van der Waals surface area (Å²) in [5, 5.41) is 2.15. The highest BCUT2D eigenvalue weighted by Crippen LogP contribution is 2.22. The molecule has 0 aromatic carbocycles. The molecular weight excluding hydrogens is 320 g/mol. The molecule has 0 fully saturated rings. The lowest BCUT2D eigenvalue weighted by atomic mass is 10.2. The molecule has 0 spiro atoms. The van der Waals surface area contributed by atoms with Crippen molar-refractivity contribution in [3.05, 3.63) is 74.4 Å². The van der Waals surface area contributed by atoms with E-state index in [2.05, 4.69) is 52.5 Å². The van der Waals surface area contributed by atoms with Crippen LogP contribution in [-0.2, 0) is 26.1 Å². The monoisotopic (exact) mass is 342 g/mol. The molecule has 3 heterocycles. The average Bonchev–Trinajstić information content (AvgIpc) is 3.21. The van der Waals surface area contributed by atoms with E-state index in [4.69, 9.17) is 0 Å². The summed E-state index contributed by atoms with van der Waals surface area (Å²) in [4.78, 5) is 11.1. The van der Waals surface area contributed by atoms with Crippen LogP contribution in [0.2, 0.25) is 0 Å². The molecule has 23 heavy (non-hydrogen) atoms. The highest BCUT2D eigenvalue weighted by atomic mass is 32.1. The van der Waals surface area contributed by atoms with Crippen LogP contribution in [0, 0.1) is 0 Å². The fraction of sp³-hybridized carbons (Fsp3) is 0.316. The van der Waals surface area contributed by atoms with Crippen LogP contribution in [0.1, 0.15) is 33.5 Å². The SMILES string of the molecule is CCCc1ccc(CN(Cc2cccnc2)Cc2cccs2)s1. The normalized spacial score (nSPS) is 11.2. The minimum Gasteiger partial charge on any atom is -0.289 e. The quantitative estimate of drug-likeness (QED) is 0.548. The largest absolute Gasteiger partial charge is 0.289 e. The molecule has 0 aliphatic heterocycles. The Bertz CT molecular complexity index is 689. The Kier molecular flexibility index (Phi) is 5.97. The summed E-state index contributed by atoms with van der Waals surface area (Å²) in [6.45, 7) is 5.17. The number of rotatable bonds is 8. The van der Waals surface area contributed by atoms with Crippen molar-refractivity contribution < 1.29 is 0 Å². The van der Waals surface area contributed by atoms with Crippen molar-refractivity contribution in [3.63, 3.8) is 0 Å². The fourth-order valence-electron chi connectivity index (χ4n) is 2.65. The average molecular weight is 343 g/mol. The third-order valence-electron chi connectivity index (χ3n) is 3.68. The number of aryl methyl sites for hydroxylation is 1. The maximum Gasteiger partial charge on any atom is 0.0335 e. The third-order valence-corrected chi connectivity index (χ3v) is 5.67. The van der Waals surface area contributed by atoms with Crippen LogP contribution in [-0.4, -0.2) is 9.88 Å². The van der Waals surface area contributed by atoms with E-state index in [0.29, 0.717) is 0 Å². The van der Waals surface area contributed by atoms with Gasteiger partial charge in [-0.1, -0.05) is 25.5 Å². The van der Waals surface area contributed by atoms with E-state index in [-0.39, 0.29) is 0 Å². The van der Waals surface area contributed by atoms with Gasteiger partial charge in [0.05, 0.1) is 0 Å². The summed E-state index contributed by atoms with van der Waals surface area (Å²) >= 11 is 3.79. The van der Waals surface area contributed by atoms with Crippen LogP contribution < -0.4 is 0 Å². The molecule has 0 unspecified atom stereocenters. The van der Waals surface area contributed by atoms with Crippen LogP contribution in [0.5, 0.6) is 0 Å². The van der Waals surface area contributed by atoms with E-state index in [1.165, 1.54) is 33.0 Å². The zero-order valence-electron chi connectivity index (χ0n) is 13.4. The summed E-state index contributed by atoms with van der Waals surface area (Å²) in [5.41, 5.74) is 1.27. The van der Waals surface area contributed by atoms with E-state index in [1.54, 1.807) is 0 Å². The molecule has 3 rings (SSSR count). The van der Waals surface area contributed by atoms with E-state index < -0.39 is 0 Å². The van der Waals surface area contributed by atoms with Crippen LogP contribution in [0.15, 0.2) is 54.2 Å². The molecule has 0 radical (unpaired) electrons. The summed E-state index contributed by atoms with van der Waals surface area (Å²) < 4.78 is 0. The van der Waals surface area contributed by atoms with E-state index in [1.807, 2.05) is 41.1 Å². The van der Waals surface area contributed by atoms with Gasteiger partial charge < -0.3 is 0 Å². The predicted octanol–water partition coefficient (Wildman–Crippen LogP) is 5.36. The van der Waals surface area contributed by atoms with Crippen molar-refractivity contribution in [3.8, 4) is 0 Å². The van der Waals surface area contributed by atoms with Gasteiger partial charge in [0, 0.05) is 46.7 Å². The molecule has 0 saturated heterocycles. The maximum absolute atomic E-state index is 4.25. The van der Waals surface area contributed by atoms with Crippen molar-refractivity contribution in [1.82, 2.24) is 9.88 Å². The van der Waals surface area contributed by atoms with Crippen molar-refractivity contribution in [2.75, 3.05) is 0 Å². The third kappa shape index (κ3) is 4.99. The molecular formula is C19H22N2S2. The topological polar surface area (TPSA) is 16.1 Å². The van der Waals surface area contributed by atoms with Crippen LogP contribution >= 0.6 is 22.7 Å². The van der Waals surface area contributed by atoms with Gasteiger partial charge in [-0.05, 0) is 41.6 Å². The Morgan fingerprint density at radius 3 is 2.57 bits per heavy atom. The lowest BCUT2D eigenvalue weighted by Crippen LogP contribution is -2.21. The smallest absolute Gasteiger partial charge is 0.0335 e. The number of hydrogen-bond donors (Lipinski definition) is 0. The Balaban J connectivity index is 1.71. The molecule has 0 amide bonds. The second-order valence-electron chi connectivity index (χ2n) is 5.70. The van der Waals surface area contributed by atoms with Gasteiger partial charge in [-0.15, -0.1) is 22.7 Å². The number of nitrogens with zero attached hydrogens (tertiary/aromatic N) is 2. The Hall–Kier alpha value is -1.49. The minimum absolute atomic E-state index is 0.937. The van der Waals surface area contributed by atoms with Crippen molar-refractivity contribution >= 4 is 22.7 Å². The second kappa shape index (κ2) is 8.39. The Labute approximate surface area is 146 Å². The van der Waals surface area contributed by atoms with Gasteiger partial charge >= 0.3 is 0 Å². The minimum atomic E-state index is 0.937. The van der Waals surface area contributed by atoms with Crippen molar-refractivity contribution in [2.45, 2.75) is 39.4 Å². The summed E-state index contributed by atoms with van der Waals surface area (Å²) in [6.07, 6.45) is 6.22. The first-order valence-corrected chi connectivity index (χ1v) is 9.74. The van der Waals surface area contributed by atoms with Gasteiger partial charge in [0.2, 0.25) is 0 Å². The van der Waals surface area contributed by atoms with E-state index in [0.717, 1.165) is 19.6 Å². The molecule has 0 bridgehead atoms. The van der Waals surface area contributed by atoms with E-state index in [9.17, 15) is 0 Å². The van der Waals surface area contributed by atoms with Gasteiger partial charge in [0.25, 0.3) is 0 Å². The summed E-state index contributed by atoms with van der Waals surface area (Å²) in [5.74, 6) is 0. The molecule has 0 atom stereocenters. The first-order valence-electron chi connectivity index (χ1n) is 8.04. The number of thiophene rings is 2. The van der Waals surface area contributed by atoms with Gasteiger partial charge in [-0.3, -0.25) is 9.88 Å². The maximum atomic E-state index is 4.25. The van der Waals surface area contributed by atoms with Crippen LogP contribution in [0.25, 0.3) is 0 Å². The highest BCUT2D eigenvalue weighted by Gasteiger charge is 2.11. The molecule has 0 aliphatic rings. The zero-order valence-corrected chi connectivity index (χ0v) is 15.1. The molecule has 0 N–H and O–H groups in total. The molecule has 0 saturated carbocycles. The second-order valence-corrected chi connectivity index (χ2v) is 7.99. The molecule has 0 aliphatic carbocycles. The highest BCUT2D eigenvalue weighted by molar-refractivity contribution is 7.12. The number of pyridine rings is 1. The van der Waals surface area contributed by atoms with Gasteiger partial charge in [0.1, 0.15) is 0 Å². The van der Waals surface area contributed by atoms with Crippen LogP contribution in [0.3, 0.4) is 0 Å². The van der Waals surface area contributed by atoms with Crippen molar-refractivity contribution in [1.29, 1.82) is 0 Å². The van der Waals surface area contributed by atoms with Crippen molar-refractivity contribution in [2.24, 2.45) is 0 Å². The van der Waals surface area contributed by atoms with Gasteiger partial charge in [0.15, 0.2) is 0 Å². The summed E-state index contributed by atoms with van der Waals surface area (Å²) in [7, 11) is 0. The number of aromatic nitrogens is 1. The molecule has 4 heteroatoms. The lowest BCUT2D eigenvalue weighted by Gasteiger charge is -2.21. The zero-order chi connectivity index (χ0) is 15.9. The fourth-order valence-corrected chi connectivity index (χ4v) is 4.56. The first-order chi connectivity index (χ1) is 11.3.